The van der Waals surface area contributed by atoms with Gasteiger partial charge in [-0.2, -0.15) is 0 Å². The molecule has 0 spiro atoms. The van der Waals surface area contributed by atoms with E-state index in [2.05, 4.69) is 14.7 Å². The van der Waals surface area contributed by atoms with Crippen molar-refractivity contribution in [2.45, 2.75) is 10.6 Å². The van der Waals surface area contributed by atoms with Crippen molar-refractivity contribution in [2.75, 3.05) is 0 Å². The molecule has 78 valence electrons. The molecule has 1 aromatic heterocycles. The second kappa shape index (κ2) is 4.31. The number of H-pyrrole nitrogens is 1. The number of halogens is 1. The zero-order chi connectivity index (χ0) is 10.7. The molecule has 0 atom stereocenters. The molecule has 0 radical (unpaired) electrons. The first kappa shape index (κ1) is 9.97. The molecule has 2 aromatic rings. The fraction of sp³-hybridized carbons (Fsp3) is 0.111. The van der Waals surface area contributed by atoms with Gasteiger partial charge in [-0.3, -0.25) is 9.51 Å². The molecule has 0 saturated carbocycles. The van der Waals surface area contributed by atoms with Crippen LogP contribution >= 0.6 is 11.8 Å². The Bertz CT molecular complexity index is 509. The van der Waals surface area contributed by atoms with Crippen LogP contribution in [0.2, 0.25) is 0 Å². The van der Waals surface area contributed by atoms with E-state index in [-0.39, 0.29) is 5.82 Å². The molecule has 0 amide bonds. The summed E-state index contributed by atoms with van der Waals surface area (Å²) in [6.45, 7) is 0. The summed E-state index contributed by atoms with van der Waals surface area (Å²) in [5.74, 6) is -0.118. The predicted molar refractivity (Wildman–Crippen MR) is 53.1 cm³/mol. The Morgan fingerprint density at radius 3 is 2.93 bits per heavy atom. The summed E-state index contributed by atoms with van der Waals surface area (Å²) >= 11 is 1.25. The van der Waals surface area contributed by atoms with Crippen LogP contribution in [0.3, 0.4) is 0 Å². The lowest BCUT2D eigenvalue weighted by atomic mass is 10.3. The summed E-state index contributed by atoms with van der Waals surface area (Å²) in [5.41, 5.74) is 0. The largest absolute Gasteiger partial charge is 0.438 e. The average Bonchev–Trinajstić information content (AvgIpc) is 2.63. The van der Waals surface area contributed by atoms with Gasteiger partial charge in [-0.25, -0.2) is 9.18 Å². The highest BCUT2D eigenvalue weighted by atomic mass is 32.2. The van der Waals surface area contributed by atoms with E-state index in [9.17, 15) is 9.18 Å². The van der Waals surface area contributed by atoms with Crippen LogP contribution in [0, 0.1) is 5.82 Å². The average molecular weight is 226 g/mol. The molecule has 0 aliphatic carbocycles. The molecular formula is C9H7FN2O2S. The van der Waals surface area contributed by atoms with Gasteiger partial charge in [0.25, 0.3) is 0 Å². The van der Waals surface area contributed by atoms with Crippen LogP contribution in [-0.4, -0.2) is 10.1 Å². The highest BCUT2D eigenvalue weighted by Crippen LogP contribution is 2.23. The molecule has 0 bridgehead atoms. The van der Waals surface area contributed by atoms with Crippen molar-refractivity contribution in [3.8, 4) is 0 Å². The van der Waals surface area contributed by atoms with Gasteiger partial charge in [-0.05, 0) is 12.1 Å². The standard InChI is InChI=1S/C9H7FN2O2S/c10-6-3-1-2-4-7(6)15-5-8-11-9(13)14-12-8/h1-4H,5H2,(H,11,12,13). The van der Waals surface area contributed by atoms with E-state index in [1.807, 2.05) is 0 Å². The van der Waals surface area contributed by atoms with Crippen molar-refractivity contribution >= 4 is 11.8 Å². The Hall–Kier alpha value is -1.56. The van der Waals surface area contributed by atoms with Crippen LogP contribution in [-0.2, 0) is 5.75 Å². The maximum Gasteiger partial charge on any atom is 0.438 e. The third-order valence-corrected chi connectivity index (χ3v) is 2.75. The van der Waals surface area contributed by atoms with Gasteiger partial charge < -0.3 is 0 Å². The van der Waals surface area contributed by atoms with E-state index < -0.39 is 5.76 Å². The van der Waals surface area contributed by atoms with Crippen LogP contribution in [0.5, 0.6) is 0 Å². The lowest BCUT2D eigenvalue weighted by Crippen LogP contribution is -1.96. The van der Waals surface area contributed by atoms with E-state index in [4.69, 9.17) is 0 Å². The highest BCUT2D eigenvalue weighted by Gasteiger charge is 2.04. The van der Waals surface area contributed by atoms with Gasteiger partial charge in [-0.1, -0.05) is 17.3 Å². The van der Waals surface area contributed by atoms with Crippen molar-refractivity contribution in [2.24, 2.45) is 0 Å². The minimum absolute atomic E-state index is 0.284. The number of hydrogen-bond acceptors (Lipinski definition) is 4. The second-order valence-electron chi connectivity index (χ2n) is 2.76. The summed E-state index contributed by atoms with van der Waals surface area (Å²) in [6.07, 6.45) is 0. The molecule has 6 heteroatoms. The minimum Gasteiger partial charge on any atom is -0.296 e. The number of rotatable bonds is 3. The Morgan fingerprint density at radius 2 is 2.27 bits per heavy atom. The number of benzene rings is 1. The zero-order valence-electron chi connectivity index (χ0n) is 7.57. The van der Waals surface area contributed by atoms with Gasteiger partial charge in [0.1, 0.15) is 5.82 Å². The number of nitrogens with zero attached hydrogens (tertiary/aromatic N) is 1. The fourth-order valence-electron chi connectivity index (χ4n) is 1.03. The van der Waals surface area contributed by atoms with Crippen molar-refractivity contribution < 1.29 is 8.91 Å². The summed E-state index contributed by atoms with van der Waals surface area (Å²) in [6, 6.07) is 6.42. The highest BCUT2D eigenvalue weighted by molar-refractivity contribution is 7.98. The maximum atomic E-state index is 13.2. The van der Waals surface area contributed by atoms with Gasteiger partial charge in [0.2, 0.25) is 0 Å². The number of aromatic amines is 1. The Labute approximate surface area is 88.5 Å². The summed E-state index contributed by atoms with van der Waals surface area (Å²) < 4.78 is 17.5. The molecule has 0 aliphatic heterocycles. The monoisotopic (exact) mass is 226 g/mol. The summed E-state index contributed by atoms with van der Waals surface area (Å²) in [7, 11) is 0. The third-order valence-electron chi connectivity index (χ3n) is 1.69. The topological polar surface area (TPSA) is 58.9 Å². The molecule has 0 saturated heterocycles. The molecule has 0 unspecified atom stereocenters. The van der Waals surface area contributed by atoms with Crippen LogP contribution < -0.4 is 5.76 Å². The molecule has 1 heterocycles. The third kappa shape index (κ3) is 2.47. The zero-order valence-corrected chi connectivity index (χ0v) is 8.38. The fourth-order valence-corrected chi connectivity index (χ4v) is 1.83. The van der Waals surface area contributed by atoms with Crippen molar-refractivity contribution in [1.29, 1.82) is 0 Å². The van der Waals surface area contributed by atoms with E-state index in [1.165, 1.54) is 17.8 Å². The molecule has 0 fully saturated rings. The number of aromatic nitrogens is 2. The molecule has 1 N–H and O–H groups in total. The van der Waals surface area contributed by atoms with E-state index >= 15 is 0 Å². The molecule has 2 rings (SSSR count). The first-order valence-corrected chi connectivity index (χ1v) is 5.16. The van der Waals surface area contributed by atoms with Crippen LogP contribution in [0.1, 0.15) is 5.82 Å². The smallest absolute Gasteiger partial charge is 0.296 e. The van der Waals surface area contributed by atoms with E-state index in [0.29, 0.717) is 16.5 Å². The first-order chi connectivity index (χ1) is 7.25. The molecular weight excluding hydrogens is 219 g/mol. The maximum absolute atomic E-state index is 13.2. The predicted octanol–water partition coefficient (Wildman–Crippen LogP) is 1.79. The number of hydrogen-bond donors (Lipinski definition) is 1. The van der Waals surface area contributed by atoms with Gasteiger partial charge in [0.05, 0.1) is 5.75 Å². The Morgan fingerprint density at radius 1 is 1.47 bits per heavy atom. The van der Waals surface area contributed by atoms with E-state index in [1.54, 1.807) is 18.2 Å². The minimum atomic E-state index is -0.598. The lowest BCUT2D eigenvalue weighted by molar-refractivity contribution is 0.383. The molecule has 1 aromatic carbocycles. The number of thioether (sulfide) groups is 1. The van der Waals surface area contributed by atoms with Crippen molar-refractivity contribution in [3.05, 3.63) is 46.5 Å². The Kier molecular flexibility index (Phi) is 2.86. The quantitative estimate of drug-likeness (QED) is 0.810. The van der Waals surface area contributed by atoms with Gasteiger partial charge in [-0.15, -0.1) is 11.8 Å². The second-order valence-corrected chi connectivity index (χ2v) is 3.78. The van der Waals surface area contributed by atoms with Crippen molar-refractivity contribution in [1.82, 2.24) is 10.1 Å². The van der Waals surface area contributed by atoms with Crippen molar-refractivity contribution in [3.63, 3.8) is 0 Å². The normalized spacial score (nSPS) is 10.5. The van der Waals surface area contributed by atoms with Crippen LogP contribution in [0.25, 0.3) is 0 Å². The lowest BCUT2D eigenvalue weighted by Gasteiger charge is -1.99. The summed E-state index contributed by atoms with van der Waals surface area (Å²) in [4.78, 5) is 13.5. The van der Waals surface area contributed by atoms with Crippen LogP contribution in [0.4, 0.5) is 4.39 Å². The van der Waals surface area contributed by atoms with Gasteiger partial charge >= 0.3 is 5.76 Å². The van der Waals surface area contributed by atoms with Gasteiger partial charge in [0, 0.05) is 4.90 Å². The summed E-state index contributed by atoms with van der Waals surface area (Å²) in [5, 5.41) is 3.47. The molecule has 0 aliphatic rings. The Balaban J connectivity index is 2.05. The first-order valence-electron chi connectivity index (χ1n) is 4.18. The molecule has 15 heavy (non-hydrogen) atoms. The van der Waals surface area contributed by atoms with E-state index in [0.717, 1.165) is 0 Å². The molecule has 4 nitrogen and oxygen atoms in total. The number of nitrogens with one attached hydrogen (secondary N) is 1. The van der Waals surface area contributed by atoms with Gasteiger partial charge in [0.15, 0.2) is 5.82 Å². The SMILES string of the molecule is O=c1[nH]c(CSc2ccccc2F)no1. The van der Waals surface area contributed by atoms with Crippen LogP contribution in [0.15, 0.2) is 38.5 Å².